The SMILES string of the molecule is CC(C)CC(NC(C=O)Cc1coc(-c2cc(Cl)cc(Cl)c2)n1)C(=O)O.CO. The summed E-state index contributed by atoms with van der Waals surface area (Å²) in [5.74, 6) is -0.479. The maximum atomic E-state index is 11.4. The van der Waals surface area contributed by atoms with Crippen molar-refractivity contribution in [3.63, 3.8) is 0 Å². The quantitative estimate of drug-likeness (QED) is 0.521. The Morgan fingerprint density at radius 2 is 1.86 bits per heavy atom. The lowest BCUT2D eigenvalue weighted by Gasteiger charge is -2.20. The molecular weight excluding hydrogens is 407 g/mol. The number of rotatable bonds is 9. The van der Waals surface area contributed by atoms with Gasteiger partial charge in [-0.25, -0.2) is 4.98 Å². The van der Waals surface area contributed by atoms with E-state index in [9.17, 15) is 14.7 Å². The monoisotopic (exact) mass is 430 g/mol. The summed E-state index contributed by atoms with van der Waals surface area (Å²) in [5, 5.41) is 20.1. The Hall–Kier alpha value is -1.93. The van der Waals surface area contributed by atoms with Crippen LogP contribution in [0.3, 0.4) is 0 Å². The lowest BCUT2D eigenvalue weighted by atomic mass is 10.0. The van der Waals surface area contributed by atoms with Gasteiger partial charge in [-0.05, 0) is 30.5 Å². The number of halogens is 2. The van der Waals surface area contributed by atoms with Crippen molar-refractivity contribution in [3.05, 3.63) is 40.2 Å². The van der Waals surface area contributed by atoms with E-state index in [-0.39, 0.29) is 12.3 Å². The number of oxazole rings is 1. The number of aromatic nitrogens is 1. The van der Waals surface area contributed by atoms with Crippen LogP contribution in [0.5, 0.6) is 0 Å². The van der Waals surface area contributed by atoms with Crippen LogP contribution in [-0.4, -0.2) is 46.6 Å². The van der Waals surface area contributed by atoms with E-state index in [1.807, 2.05) is 13.8 Å². The highest BCUT2D eigenvalue weighted by Crippen LogP contribution is 2.27. The maximum Gasteiger partial charge on any atom is 0.320 e. The summed E-state index contributed by atoms with van der Waals surface area (Å²) >= 11 is 12.0. The van der Waals surface area contributed by atoms with Gasteiger partial charge in [0.2, 0.25) is 5.89 Å². The molecule has 1 aromatic heterocycles. The third kappa shape index (κ3) is 7.59. The Bertz CT molecular complexity index is 759. The smallest absolute Gasteiger partial charge is 0.320 e. The maximum absolute atomic E-state index is 11.4. The molecule has 1 aromatic carbocycles. The predicted molar refractivity (Wildman–Crippen MR) is 108 cm³/mol. The van der Waals surface area contributed by atoms with Crippen LogP contribution in [0, 0.1) is 5.92 Å². The van der Waals surface area contributed by atoms with Crippen LogP contribution in [0.15, 0.2) is 28.9 Å². The van der Waals surface area contributed by atoms with E-state index in [1.165, 1.54) is 6.26 Å². The summed E-state index contributed by atoms with van der Waals surface area (Å²) in [5.41, 5.74) is 1.14. The summed E-state index contributed by atoms with van der Waals surface area (Å²) in [6.45, 7) is 3.85. The molecule has 2 unspecified atom stereocenters. The van der Waals surface area contributed by atoms with Crippen LogP contribution >= 0.6 is 23.2 Å². The average molecular weight is 431 g/mol. The number of nitrogens with zero attached hydrogens (tertiary/aromatic N) is 1. The normalized spacial score (nSPS) is 12.8. The Morgan fingerprint density at radius 1 is 1.25 bits per heavy atom. The fourth-order valence-electron chi connectivity index (χ4n) is 2.55. The molecule has 2 aromatic rings. The van der Waals surface area contributed by atoms with Crippen molar-refractivity contribution in [2.24, 2.45) is 5.92 Å². The Balaban J connectivity index is 0.00000190. The lowest BCUT2D eigenvalue weighted by Crippen LogP contribution is -2.45. The number of aldehydes is 1. The first-order valence-corrected chi connectivity index (χ1v) is 9.33. The van der Waals surface area contributed by atoms with E-state index in [0.29, 0.717) is 39.9 Å². The van der Waals surface area contributed by atoms with Crippen molar-refractivity contribution >= 4 is 35.5 Å². The molecule has 0 fully saturated rings. The molecule has 0 saturated carbocycles. The molecule has 9 heteroatoms. The van der Waals surface area contributed by atoms with Gasteiger partial charge in [0, 0.05) is 29.1 Å². The zero-order chi connectivity index (χ0) is 21.3. The molecule has 0 aliphatic heterocycles. The van der Waals surface area contributed by atoms with Gasteiger partial charge in [0.15, 0.2) is 0 Å². The minimum absolute atomic E-state index is 0.183. The largest absolute Gasteiger partial charge is 0.480 e. The standard InChI is InChI=1S/C18H20Cl2N2O4.CH4O/c1-10(2)3-16(18(24)25)21-14(8-23)7-15-9-26-17(22-15)11-4-12(19)6-13(20)5-11;1-2/h4-6,8-10,14,16,21H,3,7H2,1-2H3,(H,24,25);2H,1H3. The molecule has 7 nitrogen and oxygen atoms in total. The lowest BCUT2D eigenvalue weighted by molar-refractivity contribution is -0.140. The third-order valence-electron chi connectivity index (χ3n) is 3.68. The molecule has 0 saturated heterocycles. The van der Waals surface area contributed by atoms with E-state index in [0.717, 1.165) is 7.11 Å². The number of aliphatic carboxylic acids is 1. The summed E-state index contributed by atoms with van der Waals surface area (Å²) in [7, 11) is 1.00. The third-order valence-corrected chi connectivity index (χ3v) is 4.11. The first-order valence-electron chi connectivity index (χ1n) is 8.58. The van der Waals surface area contributed by atoms with Gasteiger partial charge >= 0.3 is 5.97 Å². The number of carbonyl (C=O) groups excluding carboxylic acids is 1. The Morgan fingerprint density at radius 3 is 2.36 bits per heavy atom. The molecule has 2 rings (SSSR count). The molecular formula is C19H24Cl2N2O5. The topological polar surface area (TPSA) is 113 Å². The Labute approximate surface area is 173 Å². The van der Waals surface area contributed by atoms with Crippen molar-refractivity contribution in [1.82, 2.24) is 10.3 Å². The second kappa shape index (κ2) is 11.8. The number of carboxylic acids is 1. The van der Waals surface area contributed by atoms with Crippen molar-refractivity contribution in [3.8, 4) is 11.5 Å². The van der Waals surface area contributed by atoms with Gasteiger partial charge in [-0.1, -0.05) is 37.0 Å². The highest BCUT2D eigenvalue weighted by atomic mass is 35.5. The van der Waals surface area contributed by atoms with E-state index in [2.05, 4.69) is 10.3 Å². The number of carbonyl (C=O) groups is 2. The van der Waals surface area contributed by atoms with Crippen LogP contribution in [0.4, 0.5) is 0 Å². The van der Waals surface area contributed by atoms with Crippen LogP contribution in [0.25, 0.3) is 11.5 Å². The number of hydrogen-bond acceptors (Lipinski definition) is 6. The molecule has 2 atom stereocenters. The van der Waals surface area contributed by atoms with Crippen LogP contribution < -0.4 is 5.32 Å². The summed E-state index contributed by atoms with van der Waals surface area (Å²) in [6, 6.07) is 3.45. The number of nitrogens with one attached hydrogen (secondary N) is 1. The molecule has 0 spiro atoms. The first-order chi connectivity index (χ1) is 13.3. The fourth-order valence-corrected chi connectivity index (χ4v) is 3.08. The van der Waals surface area contributed by atoms with Gasteiger partial charge in [0.05, 0.1) is 11.7 Å². The highest BCUT2D eigenvalue weighted by Gasteiger charge is 2.23. The molecule has 1 heterocycles. The number of carboxylic acid groups (broad SMARTS) is 1. The van der Waals surface area contributed by atoms with E-state index in [4.69, 9.17) is 32.7 Å². The molecule has 154 valence electrons. The van der Waals surface area contributed by atoms with Crippen molar-refractivity contribution in [2.75, 3.05) is 7.11 Å². The van der Waals surface area contributed by atoms with E-state index >= 15 is 0 Å². The van der Waals surface area contributed by atoms with E-state index in [1.54, 1.807) is 18.2 Å². The number of benzene rings is 1. The Kier molecular flexibility index (Phi) is 10.2. The highest BCUT2D eigenvalue weighted by molar-refractivity contribution is 6.35. The summed E-state index contributed by atoms with van der Waals surface area (Å²) in [6.07, 6.45) is 2.75. The van der Waals surface area contributed by atoms with E-state index < -0.39 is 18.1 Å². The average Bonchev–Trinajstić information content (AvgIpc) is 3.09. The predicted octanol–water partition coefficient (Wildman–Crippen LogP) is 3.46. The molecule has 0 bridgehead atoms. The minimum atomic E-state index is -0.986. The van der Waals surface area contributed by atoms with Gasteiger partial charge in [-0.2, -0.15) is 0 Å². The zero-order valence-electron chi connectivity index (χ0n) is 15.9. The van der Waals surface area contributed by atoms with Crippen LogP contribution in [0.1, 0.15) is 26.0 Å². The van der Waals surface area contributed by atoms with Crippen molar-refractivity contribution < 1.29 is 24.2 Å². The molecule has 3 N–H and O–H groups in total. The number of hydrogen-bond donors (Lipinski definition) is 3. The molecule has 28 heavy (non-hydrogen) atoms. The zero-order valence-corrected chi connectivity index (χ0v) is 17.4. The number of aliphatic hydroxyl groups excluding tert-OH is 1. The van der Waals surface area contributed by atoms with Gasteiger partial charge in [0.1, 0.15) is 18.6 Å². The van der Waals surface area contributed by atoms with Gasteiger partial charge in [-0.15, -0.1) is 0 Å². The number of aliphatic hydroxyl groups is 1. The van der Waals surface area contributed by atoms with Crippen LogP contribution in [0.2, 0.25) is 10.0 Å². The fraction of sp³-hybridized carbons (Fsp3) is 0.421. The molecule has 0 aliphatic rings. The second-order valence-corrected chi connectivity index (χ2v) is 7.31. The molecule has 0 amide bonds. The summed E-state index contributed by atoms with van der Waals surface area (Å²) < 4.78 is 5.43. The van der Waals surface area contributed by atoms with Gasteiger partial charge in [-0.3, -0.25) is 10.1 Å². The van der Waals surface area contributed by atoms with Gasteiger partial charge in [0.25, 0.3) is 0 Å². The van der Waals surface area contributed by atoms with Gasteiger partial charge < -0.3 is 19.4 Å². The molecule has 0 aliphatic carbocycles. The summed E-state index contributed by atoms with van der Waals surface area (Å²) in [4.78, 5) is 27.1. The van der Waals surface area contributed by atoms with Crippen molar-refractivity contribution in [2.45, 2.75) is 38.8 Å². The minimum Gasteiger partial charge on any atom is -0.480 e. The van der Waals surface area contributed by atoms with Crippen LogP contribution in [-0.2, 0) is 16.0 Å². The van der Waals surface area contributed by atoms with Crippen molar-refractivity contribution in [1.29, 1.82) is 0 Å². The first kappa shape index (κ1) is 24.1. The molecule has 0 radical (unpaired) electrons. The second-order valence-electron chi connectivity index (χ2n) is 6.44.